The predicted molar refractivity (Wildman–Crippen MR) is 61.8 cm³/mol. The van der Waals surface area contributed by atoms with Crippen LogP contribution in [-0.2, 0) is 12.8 Å². The average molecular weight is 200 g/mol. The number of aromatic nitrogens is 2. The number of hydrogen-bond acceptors (Lipinski definition) is 1. The molecule has 0 spiro atoms. The minimum Gasteiger partial charge on any atom is -0.351 e. The second-order valence-electron chi connectivity index (χ2n) is 3.90. The van der Waals surface area contributed by atoms with Gasteiger partial charge in [0.2, 0.25) is 0 Å². The van der Waals surface area contributed by atoms with E-state index in [1.807, 2.05) is 6.20 Å². The van der Waals surface area contributed by atoms with E-state index >= 15 is 0 Å². The normalized spacial score (nSPS) is 10.5. The van der Waals surface area contributed by atoms with Crippen molar-refractivity contribution in [3.63, 3.8) is 0 Å². The minimum absolute atomic E-state index is 1.05. The molecule has 0 amide bonds. The molecule has 1 aromatic heterocycles. The number of rotatable bonds is 4. The Morgan fingerprint density at radius 2 is 1.93 bits per heavy atom. The monoisotopic (exact) mass is 200 g/mol. The van der Waals surface area contributed by atoms with Crippen molar-refractivity contribution in [2.75, 3.05) is 0 Å². The van der Waals surface area contributed by atoms with Gasteiger partial charge in [-0.25, -0.2) is 4.98 Å². The summed E-state index contributed by atoms with van der Waals surface area (Å²) < 4.78 is 0. The van der Waals surface area contributed by atoms with Crippen LogP contribution in [0.2, 0.25) is 0 Å². The summed E-state index contributed by atoms with van der Waals surface area (Å²) in [6.45, 7) is 2.12. The first-order valence-corrected chi connectivity index (χ1v) is 5.38. The third-order valence-corrected chi connectivity index (χ3v) is 2.57. The zero-order valence-corrected chi connectivity index (χ0v) is 9.03. The van der Waals surface area contributed by atoms with Crippen LogP contribution >= 0.6 is 0 Å². The number of nitrogens with one attached hydrogen (secondary N) is 1. The van der Waals surface area contributed by atoms with Crippen LogP contribution in [0.15, 0.2) is 36.8 Å². The van der Waals surface area contributed by atoms with Gasteiger partial charge in [-0.05, 0) is 31.7 Å². The van der Waals surface area contributed by atoms with Crippen LogP contribution in [0.1, 0.15) is 23.2 Å². The highest BCUT2D eigenvalue weighted by atomic mass is 14.9. The fourth-order valence-electron chi connectivity index (χ4n) is 1.66. The van der Waals surface area contributed by atoms with E-state index in [0.29, 0.717) is 0 Å². The maximum Gasteiger partial charge on any atom is 0.0923 e. The predicted octanol–water partition coefficient (Wildman–Crippen LogP) is 2.89. The van der Waals surface area contributed by atoms with Gasteiger partial charge in [0.1, 0.15) is 0 Å². The van der Waals surface area contributed by atoms with E-state index in [-0.39, 0.29) is 0 Å². The molecule has 0 fully saturated rings. The van der Waals surface area contributed by atoms with Crippen molar-refractivity contribution >= 4 is 0 Å². The summed E-state index contributed by atoms with van der Waals surface area (Å²) in [5.41, 5.74) is 3.89. The van der Waals surface area contributed by atoms with Gasteiger partial charge in [-0.3, -0.25) is 0 Å². The molecule has 0 saturated heterocycles. The van der Waals surface area contributed by atoms with Crippen LogP contribution in [0.3, 0.4) is 0 Å². The standard InChI is InChI=1S/C13H16N2/c1-11-5-7-12(8-6-11)3-2-4-13-9-14-10-15-13/h5-10H,2-4H2,1H3,(H,14,15). The van der Waals surface area contributed by atoms with E-state index in [0.717, 1.165) is 25.0 Å². The molecule has 0 bridgehead atoms. The SMILES string of the molecule is Cc1ccc(CCCc2c[nH]cn2)cc1. The van der Waals surface area contributed by atoms with Crippen molar-refractivity contribution in [2.45, 2.75) is 26.2 Å². The maximum atomic E-state index is 4.21. The van der Waals surface area contributed by atoms with E-state index in [1.165, 1.54) is 11.1 Å². The maximum absolute atomic E-state index is 4.21. The number of nitrogens with zero attached hydrogens (tertiary/aromatic N) is 1. The Bertz CT molecular complexity index is 387. The van der Waals surface area contributed by atoms with Gasteiger partial charge in [0.25, 0.3) is 0 Å². The highest BCUT2D eigenvalue weighted by molar-refractivity contribution is 5.21. The second-order valence-corrected chi connectivity index (χ2v) is 3.90. The van der Waals surface area contributed by atoms with Gasteiger partial charge in [0.05, 0.1) is 12.0 Å². The Hall–Kier alpha value is -1.57. The molecule has 2 nitrogen and oxygen atoms in total. The fraction of sp³-hybridized carbons (Fsp3) is 0.308. The van der Waals surface area contributed by atoms with Crippen molar-refractivity contribution < 1.29 is 0 Å². The van der Waals surface area contributed by atoms with Gasteiger partial charge in [0.15, 0.2) is 0 Å². The first-order valence-electron chi connectivity index (χ1n) is 5.38. The molecule has 0 saturated carbocycles. The van der Waals surface area contributed by atoms with Crippen LogP contribution in [0, 0.1) is 6.92 Å². The first kappa shape index (κ1) is 9.97. The van der Waals surface area contributed by atoms with Crippen LogP contribution in [-0.4, -0.2) is 9.97 Å². The van der Waals surface area contributed by atoms with E-state index in [1.54, 1.807) is 6.33 Å². The molecule has 1 N–H and O–H groups in total. The van der Waals surface area contributed by atoms with Gasteiger partial charge < -0.3 is 4.98 Å². The summed E-state index contributed by atoms with van der Waals surface area (Å²) in [6, 6.07) is 8.76. The molecule has 0 aliphatic rings. The lowest BCUT2D eigenvalue weighted by Crippen LogP contribution is -1.90. The van der Waals surface area contributed by atoms with Crippen molar-refractivity contribution in [1.29, 1.82) is 0 Å². The second kappa shape index (κ2) is 4.78. The van der Waals surface area contributed by atoms with Gasteiger partial charge >= 0.3 is 0 Å². The molecule has 2 heteroatoms. The lowest BCUT2D eigenvalue weighted by atomic mass is 10.1. The van der Waals surface area contributed by atoms with Crippen molar-refractivity contribution in [2.24, 2.45) is 0 Å². The van der Waals surface area contributed by atoms with E-state index in [9.17, 15) is 0 Å². The molecule has 78 valence electrons. The smallest absolute Gasteiger partial charge is 0.0923 e. The molecular formula is C13H16N2. The van der Waals surface area contributed by atoms with Gasteiger partial charge in [-0.15, -0.1) is 0 Å². The number of aromatic amines is 1. The van der Waals surface area contributed by atoms with Crippen LogP contribution < -0.4 is 0 Å². The molecule has 0 radical (unpaired) electrons. The van der Waals surface area contributed by atoms with Crippen molar-refractivity contribution in [1.82, 2.24) is 9.97 Å². The number of hydrogen-bond donors (Lipinski definition) is 1. The van der Waals surface area contributed by atoms with Crippen LogP contribution in [0.5, 0.6) is 0 Å². The molecular weight excluding hydrogens is 184 g/mol. The highest BCUT2D eigenvalue weighted by Gasteiger charge is 1.96. The molecule has 1 heterocycles. The van der Waals surface area contributed by atoms with Crippen LogP contribution in [0.4, 0.5) is 0 Å². The lowest BCUT2D eigenvalue weighted by Gasteiger charge is -2.00. The summed E-state index contributed by atoms with van der Waals surface area (Å²) >= 11 is 0. The largest absolute Gasteiger partial charge is 0.351 e. The first-order chi connectivity index (χ1) is 7.34. The van der Waals surface area contributed by atoms with E-state index in [4.69, 9.17) is 0 Å². The number of imidazole rings is 1. The third kappa shape index (κ3) is 2.94. The summed E-state index contributed by atoms with van der Waals surface area (Å²) in [7, 11) is 0. The molecule has 15 heavy (non-hydrogen) atoms. The highest BCUT2D eigenvalue weighted by Crippen LogP contribution is 2.07. The summed E-state index contributed by atoms with van der Waals surface area (Å²) in [4.78, 5) is 7.18. The zero-order valence-electron chi connectivity index (χ0n) is 9.03. The van der Waals surface area contributed by atoms with Crippen LogP contribution in [0.25, 0.3) is 0 Å². The van der Waals surface area contributed by atoms with E-state index in [2.05, 4.69) is 41.2 Å². The number of H-pyrrole nitrogens is 1. The van der Waals surface area contributed by atoms with Crippen molar-refractivity contribution in [3.8, 4) is 0 Å². The Morgan fingerprint density at radius 1 is 1.13 bits per heavy atom. The Kier molecular flexibility index (Phi) is 3.18. The molecule has 0 aliphatic heterocycles. The third-order valence-electron chi connectivity index (χ3n) is 2.57. The zero-order chi connectivity index (χ0) is 10.5. The lowest BCUT2D eigenvalue weighted by molar-refractivity contribution is 0.804. The van der Waals surface area contributed by atoms with Gasteiger partial charge in [-0.1, -0.05) is 29.8 Å². The molecule has 0 aliphatic carbocycles. The molecule has 2 rings (SSSR count). The molecule has 2 aromatic rings. The Balaban J connectivity index is 1.81. The molecule has 1 aromatic carbocycles. The summed E-state index contributed by atoms with van der Waals surface area (Å²) in [5, 5.41) is 0. The van der Waals surface area contributed by atoms with Crippen molar-refractivity contribution in [3.05, 3.63) is 53.6 Å². The van der Waals surface area contributed by atoms with E-state index < -0.39 is 0 Å². The number of aryl methyl sites for hydroxylation is 3. The average Bonchev–Trinajstić information content (AvgIpc) is 2.74. The number of benzene rings is 1. The minimum atomic E-state index is 1.05. The molecule has 0 unspecified atom stereocenters. The Labute approximate surface area is 90.4 Å². The quantitative estimate of drug-likeness (QED) is 0.807. The summed E-state index contributed by atoms with van der Waals surface area (Å²) in [5.74, 6) is 0. The van der Waals surface area contributed by atoms with Gasteiger partial charge in [-0.2, -0.15) is 0 Å². The fourth-order valence-corrected chi connectivity index (χ4v) is 1.66. The molecule has 0 atom stereocenters. The summed E-state index contributed by atoms with van der Waals surface area (Å²) in [6.07, 6.45) is 7.05. The topological polar surface area (TPSA) is 28.7 Å². The van der Waals surface area contributed by atoms with Gasteiger partial charge in [0, 0.05) is 6.20 Å². The Morgan fingerprint density at radius 3 is 2.60 bits per heavy atom.